The number of benzene rings is 1. The van der Waals surface area contributed by atoms with Crippen LogP contribution in [0.4, 0.5) is 0 Å². The summed E-state index contributed by atoms with van der Waals surface area (Å²) in [5.41, 5.74) is 2.09. The first-order valence-corrected chi connectivity index (χ1v) is 8.21. The summed E-state index contributed by atoms with van der Waals surface area (Å²) in [6.45, 7) is 7.08. The highest BCUT2D eigenvalue weighted by molar-refractivity contribution is 7.09. The Bertz CT molecular complexity index is 623. The van der Waals surface area contributed by atoms with E-state index in [0.29, 0.717) is 13.1 Å². The van der Waals surface area contributed by atoms with E-state index in [4.69, 9.17) is 0 Å². The molecule has 5 heteroatoms. The minimum absolute atomic E-state index is 0.0767. The molecule has 1 N–H and O–H groups in total. The maximum absolute atomic E-state index is 12.3. The zero-order chi connectivity index (χ0) is 16.2. The summed E-state index contributed by atoms with van der Waals surface area (Å²) in [4.78, 5) is 18.4. The molecule has 0 bridgehead atoms. The van der Waals surface area contributed by atoms with Crippen molar-refractivity contribution in [1.29, 1.82) is 0 Å². The molecule has 22 heavy (non-hydrogen) atoms. The maximum Gasteiger partial charge on any atom is 0.236 e. The van der Waals surface area contributed by atoms with Crippen LogP contribution in [0.5, 0.6) is 0 Å². The highest BCUT2D eigenvalue weighted by Gasteiger charge is 2.24. The standard InChI is InChI=1S/C17H23N3OS/c1-13-7-5-6-8-14(13)12-20(4)15(21)11-19-17(2,3)16-18-9-10-22-16/h5-10,19H,11-12H2,1-4H3. The van der Waals surface area contributed by atoms with Crippen LogP contribution in [0.3, 0.4) is 0 Å². The van der Waals surface area contributed by atoms with Crippen molar-refractivity contribution in [2.24, 2.45) is 0 Å². The van der Waals surface area contributed by atoms with Gasteiger partial charge in [-0.15, -0.1) is 11.3 Å². The summed E-state index contributed by atoms with van der Waals surface area (Å²) in [6, 6.07) is 8.15. The van der Waals surface area contributed by atoms with E-state index < -0.39 is 0 Å². The molecule has 1 amide bonds. The van der Waals surface area contributed by atoms with Gasteiger partial charge >= 0.3 is 0 Å². The Morgan fingerprint density at radius 1 is 1.36 bits per heavy atom. The molecule has 1 aromatic carbocycles. The SMILES string of the molecule is Cc1ccccc1CN(C)C(=O)CNC(C)(C)c1nccs1. The van der Waals surface area contributed by atoms with Gasteiger partial charge in [-0.2, -0.15) is 0 Å². The van der Waals surface area contributed by atoms with E-state index in [9.17, 15) is 4.79 Å². The van der Waals surface area contributed by atoms with Crippen molar-refractivity contribution in [1.82, 2.24) is 15.2 Å². The molecule has 0 unspecified atom stereocenters. The Hall–Kier alpha value is -1.72. The van der Waals surface area contributed by atoms with Crippen LogP contribution in [0.25, 0.3) is 0 Å². The number of thiazole rings is 1. The maximum atomic E-state index is 12.3. The number of hydrogen-bond acceptors (Lipinski definition) is 4. The van der Waals surface area contributed by atoms with E-state index in [1.807, 2.05) is 38.4 Å². The number of rotatable bonds is 6. The van der Waals surface area contributed by atoms with Gasteiger partial charge in [0.1, 0.15) is 5.01 Å². The molecule has 0 aliphatic heterocycles. The smallest absolute Gasteiger partial charge is 0.236 e. The molecule has 2 rings (SSSR count). The quantitative estimate of drug-likeness (QED) is 0.891. The fourth-order valence-corrected chi connectivity index (χ4v) is 2.91. The Kier molecular flexibility index (Phi) is 5.32. The topological polar surface area (TPSA) is 45.2 Å². The van der Waals surface area contributed by atoms with Crippen LogP contribution in [-0.4, -0.2) is 29.4 Å². The third kappa shape index (κ3) is 4.15. The Morgan fingerprint density at radius 2 is 2.09 bits per heavy atom. The van der Waals surface area contributed by atoms with Crippen LogP contribution in [0.15, 0.2) is 35.8 Å². The van der Waals surface area contributed by atoms with Crippen LogP contribution in [0.2, 0.25) is 0 Å². The molecule has 0 fully saturated rings. The third-order valence-electron chi connectivity index (χ3n) is 3.74. The van der Waals surface area contributed by atoms with Gasteiger partial charge in [0.15, 0.2) is 0 Å². The number of hydrogen-bond donors (Lipinski definition) is 1. The van der Waals surface area contributed by atoms with Crippen molar-refractivity contribution >= 4 is 17.2 Å². The lowest BCUT2D eigenvalue weighted by atomic mass is 10.1. The number of aromatic nitrogens is 1. The zero-order valence-electron chi connectivity index (χ0n) is 13.6. The second-order valence-electron chi connectivity index (χ2n) is 5.99. The predicted molar refractivity (Wildman–Crippen MR) is 90.8 cm³/mol. The number of amides is 1. The average molecular weight is 317 g/mol. The number of aryl methyl sites for hydroxylation is 1. The van der Waals surface area contributed by atoms with Gasteiger partial charge < -0.3 is 4.90 Å². The second-order valence-corrected chi connectivity index (χ2v) is 6.89. The molecular formula is C17H23N3OS. The van der Waals surface area contributed by atoms with E-state index in [1.165, 1.54) is 11.1 Å². The minimum atomic E-state index is -0.298. The monoisotopic (exact) mass is 317 g/mol. The molecule has 0 saturated carbocycles. The predicted octanol–water partition coefficient (Wildman–Crippen LogP) is 2.93. The Morgan fingerprint density at radius 3 is 2.73 bits per heavy atom. The van der Waals surface area contributed by atoms with E-state index in [2.05, 4.69) is 29.4 Å². The number of carbonyl (C=O) groups excluding carboxylic acids is 1. The molecule has 0 atom stereocenters. The molecule has 1 heterocycles. The minimum Gasteiger partial charge on any atom is -0.340 e. The number of nitrogens with one attached hydrogen (secondary N) is 1. The average Bonchev–Trinajstić information content (AvgIpc) is 3.02. The van der Waals surface area contributed by atoms with Crippen molar-refractivity contribution in [2.75, 3.05) is 13.6 Å². The molecule has 4 nitrogen and oxygen atoms in total. The molecule has 2 aromatic rings. The van der Waals surface area contributed by atoms with Gasteiger partial charge in [0.05, 0.1) is 12.1 Å². The Labute approximate surface area is 136 Å². The lowest BCUT2D eigenvalue weighted by Crippen LogP contribution is -2.43. The molecule has 0 radical (unpaired) electrons. The lowest BCUT2D eigenvalue weighted by molar-refractivity contribution is -0.129. The third-order valence-corrected chi connectivity index (χ3v) is 4.84. The fourth-order valence-electron chi connectivity index (χ4n) is 2.17. The van der Waals surface area contributed by atoms with Crippen molar-refractivity contribution < 1.29 is 4.79 Å². The van der Waals surface area contributed by atoms with Crippen LogP contribution in [0.1, 0.15) is 30.0 Å². The van der Waals surface area contributed by atoms with Crippen molar-refractivity contribution in [2.45, 2.75) is 32.9 Å². The van der Waals surface area contributed by atoms with Crippen LogP contribution in [0, 0.1) is 6.92 Å². The molecular weight excluding hydrogens is 294 g/mol. The molecule has 118 valence electrons. The van der Waals surface area contributed by atoms with Crippen LogP contribution in [-0.2, 0) is 16.9 Å². The molecule has 0 saturated heterocycles. The number of nitrogens with zero attached hydrogens (tertiary/aromatic N) is 2. The van der Waals surface area contributed by atoms with Gasteiger partial charge in [-0.3, -0.25) is 10.1 Å². The largest absolute Gasteiger partial charge is 0.340 e. The number of likely N-dealkylation sites (N-methyl/N-ethyl adjacent to an activating group) is 1. The van der Waals surface area contributed by atoms with Crippen molar-refractivity contribution in [3.8, 4) is 0 Å². The van der Waals surface area contributed by atoms with E-state index in [1.54, 1.807) is 22.4 Å². The zero-order valence-corrected chi connectivity index (χ0v) is 14.4. The summed E-state index contributed by atoms with van der Waals surface area (Å²) in [6.07, 6.45) is 1.79. The highest BCUT2D eigenvalue weighted by Crippen LogP contribution is 2.21. The lowest BCUT2D eigenvalue weighted by Gasteiger charge is -2.25. The molecule has 1 aromatic heterocycles. The number of carbonyl (C=O) groups is 1. The first kappa shape index (κ1) is 16.6. The first-order chi connectivity index (χ1) is 10.4. The van der Waals surface area contributed by atoms with E-state index in [0.717, 1.165) is 5.01 Å². The van der Waals surface area contributed by atoms with E-state index >= 15 is 0 Å². The molecule has 0 aliphatic rings. The van der Waals surface area contributed by atoms with Crippen molar-refractivity contribution in [3.63, 3.8) is 0 Å². The van der Waals surface area contributed by atoms with Crippen molar-refractivity contribution in [3.05, 3.63) is 52.0 Å². The Balaban J connectivity index is 1.91. The highest BCUT2D eigenvalue weighted by atomic mass is 32.1. The van der Waals surface area contributed by atoms with Gasteiger partial charge in [-0.05, 0) is 31.9 Å². The normalized spacial score (nSPS) is 11.5. The first-order valence-electron chi connectivity index (χ1n) is 7.33. The summed E-state index contributed by atoms with van der Waals surface area (Å²) in [5, 5.41) is 6.24. The van der Waals surface area contributed by atoms with E-state index in [-0.39, 0.29) is 11.4 Å². The molecule has 0 spiro atoms. The summed E-state index contributed by atoms with van der Waals surface area (Å²) in [7, 11) is 1.84. The van der Waals surface area contributed by atoms with Gasteiger partial charge in [0.2, 0.25) is 5.91 Å². The fraction of sp³-hybridized carbons (Fsp3) is 0.412. The summed E-state index contributed by atoms with van der Waals surface area (Å²) < 4.78 is 0. The van der Waals surface area contributed by atoms with Gasteiger partial charge in [-0.1, -0.05) is 24.3 Å². The summed E-state index contributed by atoms with van der Waals surface area (Å²) >= 11 is 1.60. The van der Waals surface area contributed by atoms with Gasteiger partial charge in [-0.25, -0.2) is 4.98 Å². The summed E-state index contributed by atoms with van der Waals surface area (Å²) in [5.74, 6) is 0.0767. The van der Waals surface area contributed by atoms with Crippen LogP contribution >= 0.6 is 11.3 Å². The van der Waals surface area contributed by atoms with Crippen LogP contribution < -0.4 is 5.32 Å². The molecule has 0 aliphatic carbocycles. The van der Waals surface area contributed by atoms with Gasteiger partial charge in [0.25, 0.3) is 0 Å². The second kappa shape index (κ2) is 7.03. The van der Waals surface area contributed by atoms with Gasteiger partial charge in [0, 0.05) is 25.2 Å².